The van der Waals surface area contributed by atoms with Crippen molar-refractivity contribution >= 4 is 11.8 Å². The lowest BCUT2D eigenvalue weighted by molar-refractivity contribution is 0.657. The SMILES string of the molecule is Cc1cccc2c1SCCC2CN. The van der Waals surface area contributed by atoms with E-state index in [9.17, 15) is 0 Å². The molecule has 70 valence electrons. The first-order valence-corrected chi connectivity index (χ1v) is 5.74. The first-order valence-electron chi connectivity index (χ1n) is 4.75. The van der Waals surface area contributed by atoms with E-state index in [0.29, 0.717) is 5.92 Å². The van der Waals surface area contributed by atoms with E-state index in [0.717, 1.165) is 6.54 Å². The highest BCUT2D eigenvalue weighted by atomic mass is 32.2. The van der Waals surface area contributed by atoms with Crippen LogP contribution in [0.2, 0.25) is 0 Å². The molecule has 0 fully saturated rings. The van der Waals surface area contributed by atoms with Crippen molar-refractivity contribution in [2.75, 3.05) is 12.3 Å². The number of fused-ring (bicyclic) bond motifs is 1. The Morgan fingerprint density at radius 2 is 2.38 bits per heavy atom. The highest BCUT2D eigenvalue weighted by Crippen LogP contribution is 2.38. The predicted octanol–water partition coefficient (Wildman–Crippen LogP) is 2.53. The molecule has 0 amide bonds. The molecule has 0 bridgehead atoms. The smallest absolute Gasteiger partial charge is 0.0137 e. The van der Waals surface area contributed by atoms with Gasteiger partial charge in [0, 0.05) is 4.90 Å². The van der Waals surface area contributed by atoms with Crippen molar-refractivity contribution in [2.45, 2.75) is 24.2 Å². The van der Waals surface area contributed by atoms with Gasteiger partial charge in [0.2, 0.25) is 0 Å². The zero-order valence-corrected chi connectivity index (χ0v) is 8.73. The predicted molar refractivity (Wildman–Crippen MR) is 58.3 cm³/mol. The molecule has 1 heterocycles. The molecule has 13 heavy (non-hydrogen) atoms. The van der Waals surface area contributed by atoms with Crippen molar-refractivity contribution in [3.05, 3.63) is 29.3 Å². The molecule has 0 radical (unpaired) electrons. The van der Waals surface area contributed by atoms with E-state index >= 15 is 0 Å². The lowest BCUT2D eigenvalue weighted by Gasteiger charge is -2.24. The van der Waals surface area contributed by atoms with E-state index in [1.165, 1.54) is 28.2 Å². The lowest BCUT2D eigenvalue weighted by Crippen LogP contribution is -2.17. The molecule has 1 atom stereocenters. The van der Waals surface area contributed by atoms with Gasteiger partial charge in [0.1, 0.15) is 0 Å². The largest absolute Gasteiger partial charge is 0.330 e. The summed E-state index contributed by atoms with van der Waals surface area (Å²) in [6.07, 6.45) is 1.23. The maximum Gasteiger partial charge on any atom is 0.0137 e. The zero-order valence-electron chi connectivity index (χ0n) is 7.92. The zero-order chi connectivity index (χ0) is 9.26. The third-order valence-corrected chi connectivity index (χ3v) is 3.97. The minimum Gasteiger partial charge on any atom is -0.330 e. The Morgan fingerprint density at radius 1 is 1.54 bits per heavy atom. The lowest BCUT2D eigenvalue weighted by atomic mass is 9.94. The Balaban J connectivity index is 2.45. The molecule has 1 aromatic carbocycles. The minimum absolute atomic E-state index is 0.594. The van der Waals surface area contributed by atoms with Gasteiger partial charge in [0.25, 0.3) is 0 Å². The second-order valence-corrected chi connectivity index (χ2v) is 4.67. The molecule has 0 spiro atoms. The summed E-state index contributed by atoms with van der Waals surface area (Å²) in [6, 6.07) is 6.56. The summed E-state index contributed by atoms with van der Waals surface area (Å²) in [7, 11) is 0. The van der Waals surface area contributed by atoms with Gasteiger partial charge in [-0.15, -0.1) is 11.8 Å². The molecule has 1 aliphatic heterocycles. The van der Waals surface area contributed by atoms with Gasteiger partial charge in [0.15, 0.2) is 0 Å². The van der Waals surface area contributed by atoms with Gasteiger partial charge in [-0.05, 0) is 42.7 Å². The third-order valence-electron chi connectivity index (χ3n) is 2.68. The molecule has 0 aliphatic carbocycles. The maximum atomic E-state index is 5.76. The Kier molecular flexibility index (Phi) is 2.61. The van der Waals surface area contributed by atoms with Crippen molar-refractivity contribution in [1.29, 1.82) is 0 Å². The summed E-state index contributed by atoms with van der Waals surface area (Å²) < 4.78 is 0. The Labute approximate surface area is 83.7 Å². The van der Waals surface area contributed by atoms with E-state index in [4.69, 9.17) is 5.73 Å². The van der Waals surface area contributed by atoms with Crippen LogP contribution in [0.5, 0.6) is 0 Å². The van der Waals surface area contributed by atoms with E-state index in [-0.39, 0.29) is 0 Å². The van der Waals surface area contributed by atoms with Crippen LogP contribution in [0.1, 0.15) is 23.5 Å². The number of benzene rings is 1. The molecule has 2 rings (SSSR count). The molecule has 1 aromatic rings. The number of thioether (sulfide) groups is 1. The highest BCUT2D eigenvalue weighted by Gasteiger charge is 2.19. The normalized spacial score (nSPS) is 21.2. The maximum absolute atomic E-state index is 5.76. The Morgan fingerprint density at radius 3 is 3.15 bits per heavy atom. The molecule has 0 saturated heterocycles. The standard InChI is InChI=1S/C11H15NS/c1-8-3-2-4-10-9(7-12)5-6-13-11(8)10/h2-4,9H,5-7,12H2,1H3. The van der Waals surface area contributed by atoms with Crippen molar-refractivity contribution in [2.24, 2.45) is 5.73 Å². The summed E-state index contributed by atoms with van der Waals surface area (Å²) in [6.45, 7) is 2.97. The van der Waals surface area contributed by atoms with E-state index < -0.39 is 0 Å². The van der Waals surface area contributed by atoms with Crippen molar-refractivity contribution in [1.82, 2.24) is 0 Å². The number of rotatable bonds is 1. The van der Waals surface area contributed by atoms with Crippen LogP contribution in [0.25, 0.3) is 0 Å². The summed E-state index contributed by atoms with van der Waals surface area (Å²) in [5.41, 5.74) is 8.63. The van der Waals surface area contributed by atoms with Gasteiger partial charge >= 0.3 is 0 Å². The van der Waals surface area contributed by atoms with Crippen LogP contribution < -0.4 is 5.73 Å². The first kappa shape index (κ1) is 9.10. The van der Waals surface area contributed by atoms with Crippen LogP contribution in [-0.2, 0) is 0 Å². The molecule has 0 aromatic heterocycles. The number of aryl methyl sites for hydroxylation is 1. The van der Waals surface area contributed by atoms with Crippen LogP contribution in [0.3, 0.4) is 0 Å². The molecule has 2 N–H and O–H groups in total. The van der Waals surface area contributed by atoms with Gasteiger partial charge in [-0.25, -0.2) is 0 Å². The van der Waals surface area contributed by atoms with E-state index in [2.05, 4.69) is 25.1 Å². The number of hydrogen-bond donors (Lipinski definition) is 1. The summed E-state index contributed by atoms with van der Waals surface area (Å²) in [4.78, 5) is 1.48. The fourth-order valence-electron chi connectivity index (χ4n) is 1.90. The Hall–Kier alpha value is -0.470. The van der Waals surface area contributed by atoms with Crippen molar-refractivity contribution in [3.63, 3.8) is 0 Å². The molecule has 1 nitrogen and oxygen atoms in total. The second kappa shape index (κ2) is 3.72. The summed E-state index contributed by atoms with van der Waals surface area (Å²) >= 11 is 1.98. The third kappa shape index (κ3) is 1.61. The Bertz CT molecular complexity index is 309. The monoisotopic (exact) mass is 193 g/mol. The van der Waals surface area contributed by atoms with Crippen LogP contribution in [-0.4, -0.2) is 12.3 Å². The van der Waals surface area contributed by atoms with Crippen LogP contribution >= 0.6 is 11.8 Å². The van der Waals surface area contributed by atoms with Gasteiger partial charge < -0.3 is 5.73 Å². The average Bonchev–Trinajstić information content (AvgIpc) is 2.18. The van der Waals surface area contributed by atoms with Gasteiger partial charge in [-0.3, -0.25) is 0 Å². The van der Waals surface area contributed by atoms with Gasteiger partial charge in [-0.2, -0.15) is 0 Å². The quantitative estimate of drug-likeness (QED) is 0.741. The van der Waals surface area contributed by atoms with Gasteiger partial charge in [-0.1, -0.05) is 18.2 Å². The number of nitrogens with two attached hydrogens (primary N) is 1. The van der Waals surface area contributed by atoms with Crippen molar-refractivity contribution in [3.8, 4) is 0 Å². The molecule has 1 unspecified atom stereocenters. The van der Waals surface area contributed by atoms with Crippen LogP contribution in [0, 0.1) is 6.92 Å². The first-order chi connectivity index (χ1) is 6.33. The minimum atomic E-state index is 0.594. The van der Waals surface area contributed by atoms with Crippen LogP contribution in [0.15, 0.2) is 23.1 Å². The topological polar surface area (TPSA) is 26.0 Å². The highest BCUT2D eigenvalue weighted by molar-refractivity contribution is 7.99. The summed E-state index contributed by atoms with van der Waals surface area (Å²) in [5, 5.41) is 0. The van der Waals surface area contributed by atoms with Crippen molar-refractivity contribution < 1.29 is 0 Å². The molecule has 1 aliphatic rings. The number of hydrogen-bond acceptors (Lipinski definition) is 2. The fourth-order valence-corrected chi connectivity index (χ4v) is 3.20. The average molecular weight is 193 g/mol. The second-order valence-electron chi connectivity index (χ2n) is 3.56. The van der Waals surface area contributed by atoms with Gasteiger partial charge in [0.05, 0.1) is 0 Å². The van der Waals surface area contributed by atoms with E-state index in [1.54, 1.807) is 0 Å². The van der Waals surface area contributed by atoms with Crippen LogP contribution in [0.4, 0.5) is 0 Å². The molecular formula is C11H15NS. The fraction of sp³-hybridized carbons (Fsp3) is 0.455. The molecular weight excluding hydrogens is 178 g/mol. The molecule has 0 saturated carbocycles. The summed E-state index contributed by atoms with van der Waals surface area (Å²) in [5.74, 6) is 1.82. The molecule has 2 heteroatoms. The van der Waals surface area contributed by atoms with E-state index in [1.807, 2.05) is 11.8 Å².